The molecule has 2 atom stereocenters. The van der Waals surface area contributed by atoms with Crippen LogP contribution in [-0.4, -0.2) is 53.9 Å². The van der Waals surface area contributed by atoms with Crippen molar-refractivity contribution in [3.8, 4) is 5.00 Å². The molecule has 2 aliphatic rings. The molecule has 1 aromatic carbocycles. The Morgan fingerprint density at radius 2 is 1.85 bits per heavy atom. The van der Waals surface area contributed by atoms with Gasteiger partial charge in [0.25, 0.3) is 5.56 Å². The minimum atomic E-state index is -0.939. The van der Waals surface area contributed by atoms with E-state index in [1.807, 2.05) is 6.92 Å². The molecule has 1 saturated carbocycles. The van der Waals surface area contributed by atoms with Gasteiger partial charge in [-0.1, -0.05) is 17.4 Å². The first-order valence-electron chi connectivity index (χ1n) is 13.7. The van der Waals surface area contributed by atoms with Gasteiger partial charge in [-0.05, 0) is 69.2 Å². The normalized spacial score (nSPS) is 21.9. The Bertz CT molecular complexity index is 1720. The quantitative estimate of drug-likeness (QED) is 0.342. The number of carbonyl (C=O) groups is 1. The van der Waals surface area contributed by atoms with Crippen LogP contribution < -0.4 is 16.6 Å². The Kier molecular flexibility index (Phi) is 7.34. The lowest BCUT2D eigenvalue weighted by Crippen LogP contribution is -2.44. The summed E-state index contributed by atoms with van der Waals surface area (Å²) in [6.07, 6.45) is 4.49. The van der Waals surface area contributed by atoms with Crippen LogP contribution >= 0.6 is 11.3 Å². The van der Waals surface area contributed by atoms with Crippen molar-refractivity contribution in [2.45, 2.75) is 76.9 Å². The first-order valence-corrected chi connectivity index (χ1v) is 14.6. The molecule has 2 N–H and O–H groups in total. The van der Waals surface area contributed by atoms with Crippen molar-refractivity contribution in [3.05, 3.63) is 73.9 Å². The predicted molar refractivity (Wildman–Crippen MR) is 150 cm³/mol. The molecule has 3 aromatic heterocycles. The van der Waals surface area contributed by atoms with E-state index in [9.17, 15) is 23.9 Å². The number of hydrogen-bond acceptors (Lipinski definition) is 8. The number of hydrogen-bond donors (Lipinski definition) is 2. The van der Waals surface area contributed by atoms with Crippen LogP contribution in [0.2, 0.25) is 0 Å². The molecule has 11 nitrogen and oxygen atoms in total. The highest BCUT2D eigenvalue weighted by atomic mass is 32.1. The van der Waals surface area contributed by atoms with Crippen LogP contribution in [0.1, 0.15) is 60.9 Å². The van der Waals surface area contributed by atoms with Crippen LogP contribution in [0.25, 0.3) is 15.2 Å². The summed E-state index contributed by atoms with van der Waals surface area (Å²) in [5, 5.41) is 22.0. The van der Waals surface area contributed by atoms with Crippen molar-refractivity contribution in [2.75, 3.05) is 6.54 Å². The van der Waals surface area contributed by atoms with Gasteiger partial charge < -0.3 is 15.2 Å². The van der Waals surface area contributed by atoms with Crippen LogP contribution in [0.4, 0.5) is 4.39 Å². The molecule has 6 rings (SSSR count). The van der Waals surface area contributed by atoms with Gasteiger partial charge in [0.2, 0.25) is 5.91 Å². The van der Waals surface area contributed by atoms with E-state index >= 15 is 0 Å². The molecule has 4 heterocycles. The molecule has 0 spiro atoms. The van der Waals surface area contributed by atoms with E-state index in [2.05, 4.69) is 15.5 Å². The largest absolute Gasteiger partial charge is 0.393 e. The van der Waals surface area contributed by atoms with Crippen molar-refractivity contribution in [2.24, 2.45) is 0 Å². The summed E-state index contributed by atoms with van der Waals surface area (Å²) >= 11 is 1.20. The number of ether oxygens (including phenoxy) is 1. The first kappa shape index (κ1) is 27.5. The molecule has 4 aromatic rings. The number of rotatable bonds is 7. The Balaban J connectivity index is 1.54. The van der Waals surface area contributed by atoms with E-state index in [0.29, 0.717) is 65.0 Å². The van der Waals surface area contributed by atoms with Crippen molar-refractivity contribution < 1.29 is 19.0 Å². The SMILES string of the molecule is Cc1ccc(F)cc1[C@H](Cn1c(=O)n([C@H]2CCNC2=O)c(=O)c2c(C)c(-n3nccn3)sc21)O[C@H]1CC[C@@H](O)CC1. The molecule has 41 heavy (non-hydrogen) atoms. The van der Waals surface area contributed by atoms with Gasteiger partial charge in [-0.3, -0.25) is 14.2 Å². The van der Waals surface area contributed by atoms with Crippen molar-refractivity contribution in [1.29, 1.82) is 0 Å². The van der Waals surface area contributed by atoms with E-state index in [-0.39, 0.29) is 24.7 Å². The van der Waals surface area contributed by atoms with Crippen LogP contribution in [-0.2, 0) is 16.1 Å². The number of aliphatic hydroxyl groups is 1. The molecule has 2 fully saturated rings. The van der Waals surface area contributed by atoms with Crippen molar-refractivity contribution in [3.63, 3.8) is 0 Å². The number of thiophene rings is 1. The van der Waals surface area contributed by atoms with Gasteiger partial charge in [0.15, 0.2) is 0 Å². The molecule has 0 radical (unpaired) electrons. The lowest BCUT2D eigenvalue weighted by molar-refractivity contribution is -0.122. The average Bonchev–Trinajstić information content (AvgIpc) is 3.70. The predicted octanol–water partition coefficient (Wildman–Crippen LogP) is 2.68. The van der Waals surface area contributed by atoms with Crippen molar-refractivity contribution in [1.82, 2.24) is 29.4 Å². The molecule has 0 bridgehead atoms. The van der Waals surface area contributed by atoms with E-state index in [4.69, 9.17) is 4.74 Å². The molecule has 1 aliphatic heterocycles. The highest BCUT2D eigenvalue weighted by Gasteiger charge is 2.33. The maximum absolute atomic E-state index is 14.5. The monoisotopic (exact) mass is 582 g/mol. The van der Waals surface area contributed by atoms with E-state index in [1.165, 1.54) is 45.2 Å². The summed E-state index contributed by atoms with van der Waals surface area (Å²) in [5.74, 6) is -0.811. The Hall–Kier alpha value is -3.68. The number of benzene rings is 1. The molecule has 1 aliphatic carbocycles. The van der Waals surface area contributed by atoms with Crippen LogP contribution in [0.5, 0.6) is 0 Å². The summed E-state index contributed by atoms with van der Waals surface area (Å²) < 4.78 is 23.6. The fourth-order valence-corrected chi connectivity index (χ4v) is 7.10. The summed E-state index contributed by atoms with van der Waals surface area (Å²) in [7, 11) is 0. The Morgan fingerprint density at radius 1 is 1.12 bits per heavy atom. The second-order valence-electron chi connectivity index (χ2n) is 10.8. The lowest BCUT2D eigenvalue weighted by atomic mass is 9.94. The highest BCUT2D eigenvalue weighted by Crippen LogP contribution is 2.34. The van der Waals surface area contributed by atoms with Crippen molar-refractivity contribution >= 4 is 27.5 Å². The number of aromatic nitrogens is 5. The zero-order valence-corrected chi connectivity index (χ0v) is 23.6. The molecule has 0 unspecified atom stereocenters. The summed E-state index contributed by atoms with van der Waals surface area (Å²) in [4.78, 5) is 42.5. The molecule has 1 amide bonds. The van der Waals surface area contributed by atoms with Crippen LogP contribution in [0.3, 0.4) is 0 Å². The maximum atomic E-state index is 14.5. The van der Waals surface area contributed by atoms with Gasteiger partial charge >= 0.3 is 5.69 Å². The average molecular weight is 583 g/mol. The van der Waals surface area contributed by atoms with E-state index < -0.39 is 29.2 Å². The maximum Gasteiger partial charge on any atom is 0.332 e. The Morgan fingerprint density at radius 3 is 2.54 bits per heavy atom. The third-order valence-electron chi connectivity index (χ3n) is 8.09. The fraction of sp³-hybridized carbons (Fsp3) is 0.464. The second-order valence-corrected chi connectivity index (χ2v) is 11.7. The number of aliphatic hydroxyl groups excluding tert-OH is 1. The third kappa shape index (κ3) is 5.02. The molecule has 1 saturated heterocycles. The summed E-state index contributed by atoms with van der Waals surface area (Å²) in [5.41, 5.74) is 0.801. The van der Waals surface area contributed by atoms with E-state index in [0.717, 1.165) is 10.1 Å². The Labute approximate surface area is 238 Å². The smallest absolute Gasteiger partial charge is 0.332 e. The van der Waals surface area contributed by atoms with Gasteiger partial charge in [-0.25, -0.2) is 13.8 Å². The van der Waals surface area contributed by atoms with Gasteiger partial charge in [0.05, 0.1) is 36.5 Å². The molecular weight excluding hydrogens is 551 g/mol. The molecule has 13 heteroatoms. The lowest BCUT2D eigenvalue weighted by Gasteiger charge is -2.31. The number of fused-ring (bicyclic) bond motifs is 1. The molecular formula is C28H31FN6O5S. The second kappa shape index (κ2) is 11.0. The first-order chi connectivity index (χ1) is 19.7. The zero-order chi connectivity index (χ0) is 28.8. The minimum Gasteiger partial charge on any atom is -0.393 e. The fourth-order valence-electron chi connectivity index (χ4n) is 5.88. The number of aryl methyl sites for hydroxylation is 2. The minimum absolute atomic E-state index is 0.0147. The van der Waals surface area contributed by atoms with Gasteiger partial charge in [-0.2, -0.15) is 10.2 Å². The number of nitrogens with zero attached hydrogens (tertiary/aromatic N) is 5. The standard InChI is InChI=1S/C28H31FN6O5S/c1-15-3-4-17(29)13-20(15)22(40-19-7-5-18(36)6-8-19)14-33-27-23(16(2)26(41-27)35-31-11-12-32-35)25(38)34(28(33)39)21-9-10-30-24(21)37/h3-4,11-13,18-19,21-22,36H,5-10,14H2,1-2H3,(H,30,37)/t18-,19+,21-,22-/m0/s1. The number of carbonyl (C=O) groups excluding carboxylic acids is 1. The summed E-state index contributed by atoms with van der Waals surface area (Å²) in [6.45, 7) is 3.97. The topological polar surface area (TPSA) is 133 Å². The summed E-state index contributed by atoms with van der Waals surface area (Å²) in [6, 6.07) is 3.53. The van der Waals surface area contributed by atoms with Gasteiger partial charge in [0.1, 0.15) is 27.8 Å². The zero-order valence-electron chi connectivity index (χ0n) is 22.7. The third-order valence-corrected chi connectivity index (χ3v) is 9.37. The number of amides is 1. The number of nitrogens with one attached hydrogen (secondary N) is 1. The van der Waals surface area contributed by atoms with Crippen LogP contribution in [0.15, 0.2) is 40.2 Å². The highest BCUT2D eigenvalue weighted by molar-refractivity contribution is 7.21. The van der Waals surface area contributed by atoms with Crippen LogP contribution in [0, 0.1) is 19.7 Å². The van der Waals surface area contributed by atoms with Gasteiger partial charge in [-0.15, -0.1) is 4.80 Å². The van der Waals surface area contributed by atoms with E-state index in [1.54, 1.807) is 13.0 Å². The number of halogens is 1. The molecule has 216 valence electrons. The van der Waals surface area contributed by atoms with Gasteiger partial charge in [0, 0.05) is 12.1 Å².